The van der Waals surface area contributed by atoms with Crippen LogP contribution in [0.25, 0.3) is 0 Å². The van der Waals surface area contributed by atoms with Crippen molar-refractivity contribution in [3.8, 4) is 0 Å². The fourth-order valence-electron chi connectivity index (χ4n) is 2.53. The first-order valence-electron chi connectivity index (χ1n) is 8.49. The van der Waals surface area contributed by atoms with Crippen molar-refractivity contribution < 1.29 is 22.4 Å². The number of benzene rings is 1. The number of rotatable bonds is 7. The van der Waals surface area contributed by atoms with Crippen molar-refractivity contribution in [3.05, 3.63) is 76.5 Å². The first-order valence-corrected chi connectivity index (χ1v) is 11.3. The SMILES string of the molecule is O=C(NCc1ccc(Cl)cc1)C(=O)NC[C@@H](c1ccco1)S(=O)(=O)c1cccs1. The van der Waals surface area contributed by atoms with E-state index in [0.717, 1.165) is 16.9 Å². The predicted molar refractivity (Wildman–Crippen MR) is 109 cm³/mol. The van der Waals surface area contributed by atoms with Crippen molar-refractivity contribution in [2.75, 3.05) is 6.54 Å². The smallest absolute Gasteiger partial charge is 0.309 e. The fraction of sp³-hybridized carbons (Fsp3) is 0.158. The minimum atomic E-state index is -3.80. The molecule has 0 aliphatic heterocycles. The molecule has 0 unspecified atom stereocenters. The summed E-state index contributed by atoms with van der Waals surface area (Å²) in [6, 6.07) is 13.0. The van der Waals surface area contributed by atoms with Gasteiger partial charge in [0, 0.05) is 18.1 Å². The van der Waals surface area contributed by atoms with Crippen LogP contribution in [0, 0.1) is 0 Å². The Hall–Kier alpha value is -2.62. The van der Waals surface area contributed by atoms with Crippen LogP contribution in [0.1, 0.15) is 16.6 Å². The summed E-state index contributed by atoms with van der Waals surface area (Å²) in [6.45, 7) is -0.167. The molecule has 0 aliphatic rings. The zero-order valence-corrected chi connectivity index (χ0v) is 17.4. The lowest BCUT2D eigenvalue weighted by atomic mass is 10.2. The molecular formula is C19H17ClN2O5S2. The highest BCUT2D eigenvalue weighted by molar-refractivity contribution is 7.93. The van der Waals surface area contributed by atoms with Gasteiger partial charge in [0.1, 0.15) is 15.2 Å². The van der Waals surface area contributed by atoms with Gasteiger partial charge in [-0.2, -0.15) is 0 Å². The summed E-state index contributed by atoms with van der Waals surface area (Å²) in [5.74, 6) is -1.62. The largest absolute Gasteiger partial charge is 0.468 e. The summed E-state index contributed by atoms with van der Waals surface area (Å²) in [7, 11) is -3.80. The maximum Gasteiger partial charge on any atom is 0.309 e. The fourth-order valence-corrected chi connectivity index (χ4v) is 5.45. The predicted octanol–water partition coefficient (Wildman–Crippen LogP) is 2.94. The second kappa shape index (κ2) is 9.25. The van der Waals surface area contributed by atoms with Gasteiger partial charge in [0.25, 0.3) is 0 Å². The van der Waals surface area contributed by atoms with Crippen LogP contribution in [0.15, 0.2) is 68.8 Å². The van der Waals surface area contributed by atoms with Gasteiger partial charge in [-0.25, -0.2) is 8.42 Å². The number of carbonyl (C=O) groups excluding carboxylic acids is 2. The molecule has 2 amide bonds. The third-order valence-corrected chi connectivity index (χ3v) is 7.78. The van der Waals surface area contributed by atoms with Crippen LogP contribution in [-0.4, -0.2) is 26.8 Å². The molecule has 0 radical (unpaired) electrons. The summed E-state index contributed by atoms with van der Waals surface area (Å²) in [4.78, 5) is 24.2. The molecule has 10 heteroatoms. The zero-order chi connectivity index (χ0) is 20.9. The Kier molecular flexibility index (Phi) is 6.73. The molecule has 2 aromatic heterocycles. The van der Waals surface area contributed by atoms with Crippen molar-refractivity contribution in [1.29, 1.82) is 0 Å². The van der Waals surface area contributed by atoms with Gasteiger partial charge in [-0.05, 0) is 41.3 Å². The van der Waals surface area contributed by atoms with E-state index < -0.39 is 26.9 Å². The number of furan rings is 1. The van der Waals surface area contributed by atoms with Crippen LogP contribution in [0.4, 0.5) is 0 Å². The summed E-state index contributed by atoms with van der Waals surface area (Å²) in [5.41, 5.74) is 0.768. The Morgan fingerprint density at radius 3 is 2.38 bits per heavy atom. The van der Waals surface area contributed by atoms with Crippen LogP contribution in [0.3, 0.4) is 0 Å². The number of amides is 2. The summed E-state index contributed by atoms with van der Waals surface area (Å²) < 4.78 is 31.2. The van der Waals surface area contributed by atoms with Crippen LogP contribution in [0.2, 0.25) is 5.02 Å². The Labute approximate surface area is 176 Å². The second-order valence-electron chi connectivity index (χ2n) is 6.00. The maximum atomic E-state index is 12.9. The first kappa shape index (κ1) is 21.1. The molecule has 2 N–H and O–H groups in total. The number of hydrogen-bond donors (Lipinski definition) is 2. The summed E-state index contributed by atoms with van der Waals surface area (Å²) in [6.07, 6.45) is 1.35. The van der Waals surface area contributed by atoms with E-state index >= 15 is 0 Å². The summed E-state index contributed by atoms with van der Waals surface area (Å²) >= 11 is 6.88. The van der Waals surface area contributed by atoms with Gasteiger partial charge in [0.2, 0.25) is 0 Å². The van der Waals surface area contributed by atoms with E-state index in [1.807, 2.05) is 0 Å². The highest BCUT2D eigenvalue weighted by Crippen LogP contribution is 2.31. The molecule has 0 bridgehead atoms. The molecule has 152 valence electrons. The Morgan fingerprint density at radius 1 is 1.03 bits per heavy atom. The maximum absolute atomic E-state index is 12.9. The van der Waals surface area contributed by atoms with Gasteiger partial charge >= 0.3 is 11.8 Å². The second-order valence-corrected chi connectivity index (χ2v) is 9.74. The standard InChI is InChI=1S/C19H17ClN2O5S2/c20-14-7-5-13(6-8-14)11-21-18(23)19(24)22-12-16(15-3-1-9-27-15)29(25,26)17-4-2-10-28-17/h1-10,16H,11-12H2,(H,21,23)(H,22,24)/t16-/m0/s1. The van der Waals surface area contributed by atoms with Crippen LogP contribution in [-0.2, 0) is 26.0 Å². The Bertz CT molecular complexity index is 1060. The van der Waals surface area contributed by atoms with Crippen molar-refractivity contribution in [3.63, 3.8) is 0 Å². The minimum Gasteiger partial charge on any atom is -0.468 e. The number of carbonyl (C=O) groups is 2. The normalized spacial score (nSPS) is 12.3. The highest BCUT2D eigenvalue weighted by Gasteiger charge is 2.33. The average molecular weight is 453 g/mol. The lowest BCUT2D eigenvalue weighted by Gasteiger charge is -2.15. The summed E-state index contributed by atoms with van der Waals surface area (Å²) in [5, 5.41) is 5.92. The molecule has 0 saturated heterocycles. The number of hydrogen-bond acceptors (Lipinski definition) is 6. The van der Waals surface area contributed by atoms with E-state index in [2.05, 4.69) is 10.6 Å². The van der Waals surface area contributed by atoms with Crippen molar-refractivity contribution in [2.45, 2.75) is 16.0 Å². The van der Waals surface area contributed by atoms with Crippen LogP contribution >= 0.6 is 22.9 Å². The molecule has 2 heterocycles. The number of sulfone groups is 1. The number of nitrogens with one attached hydrogen (secondary N) is 2. The molecule has 29 heavy (non-hydrogen) atoms. The van der Waals surface area contributed by atoms with Gasteiger partial charge < -0.3 is 15.1 Å². The molecule has 0 spiro atoms. The molecule has 0 fully saturated rings. The van der Waals surface area contributed by atoms with Crippen molar-refractivity contribution in [2.24, 2.45) is 0 Å². The van der Waals surface area contributed by atoms with E-state index in [4.69, 9.17) is 16.0 Å². The molecule has 7 nitrogen and oxygen atoms in total. The molecular weight excluding hydrogens is 436 g/mol. The van der Waals surface area contributed by atoms with E-state index in [-0.39, 0.29) is 23.1 Å². The molecule has 0 aliphatic carbocycles. The Morgan fingerprint density at radius 2 is 1.76 bits per heavy atom. The Balaban J connectivity index is 1.64. The van der Waals surface area contributed by atoms with Gasteiger partial charge in [-0.3, -0.25) is 9.59 Å². The van der Waals surface area contributed by atoms with E-state index in [1.54, 1.807) is 41.8 Å². The minimum absolute atomic E-state index is 0.137. The molecule has 3 rings (SSSR count). The zero-order valence-electron chi connectivity index (χ0n) is 15.0. The van der Waals surface area contributed by atoms with Crippen LogP contribution < -0.4 is 10.6 Å². The third kappa shape index (κ3) is 5.26. The van der Waals surface area contributed by atoms with E-state index in [0.29, 0.717) is 5.02 Å². The quantitative estimate of drug-likeness (QED) is 0.536. The van der Waals surface area contributed by atoms with Gasteiger partial charge in [-0.1, -0.05) is 29.8 Å². The van der Waals surface area contributed by atoms with E-state index in [1.165, 1.54) is 18.4 Å². The molecule has 1 atom stereocenters. The van der Waals surface area contributed by atoms with Gasteiger partial charge in [0.15, 0.2) is 9.84 Å². The highest BCUT2D eigenvalue weighted by atomic mass is 35.5. The van der Waals surface area contributed by atoms with Gasteiger partial charge in [-0.15, -0.1) is 11.3 Å². The molecule has 0 saturated carbocycles. The average Bonchev–Trinajstić information content (AvgIpc) is 3.41. The van der Waals surface area contributed by atoms with Crippen molar-refractivity contribution >= 4 is 44.6 Å². The first-order chi connectivity index (χ1) is 13.9. The number of thiophene rings is 1. The van der Waals surface area contributed by atoms with Crippen molar-refractivity contribution in [1.82, 2.24) is 10.6 Å². The van der Waals surface area contributed by atoms with E-state index in [9.17, 15) is 18.0 Å². The monoisotopic (exact) mass is 452 g/mol. The lowest BCUT2D eigenvalue weighted by molar-refractivity contribution is -0.139. The lowest BCUT2D eigenvalue weighted by Crippen LogP contribution is -2.42. The third-order valence-electron chi connectivity index (χ3n) is 4.03. The topological polar surface area (TPSA) is 105 Å². The van der Waals surface area contributed by atoms with Crippen LogP contribution in [0.5, 0.6) is 0 Å². The van der Waals surface area contributed by atoms with Gasteiger partial charge in [0.05, 0.1) is 6.26 Å². The number of halogens is 1. The molecule has 1 aromatic carbocycles. The molecule has 3 aromatic rings.